The molecule has 4 nitrogen and oxygen atoms in total. The molecular formula is C11H17N3O. The molecular weight excluding hydrogens is 190 g/mol. The predicted octanol–water partition coefficient (Wildman–Crippen LogP) is 1.21. The molecule has 82 valence electrons. The number of carbonyl (C=O) groups is 1. The van der Waals surface area contributed by atoms with Crippen molar-refractivity contribution >= 4 is 5.91 Å². The minimum atomic E-state index is 0.225. The van der Waals surface area contributed by atoms with Crippen molar-refractivity contribution in [2.24, 2.45) is 5.92 Å². The summed E-state index contributed by atoms with van der Waals surface area (Å²) in [6.45, 7) is 4.04. The Kier molecular flexibility index (Phi) is 3.04. The highest BCUT2D eigenvalue weighted by molar-refractivity contribution is 5.78. The third kappa shape index (κ3) is 2.58. The second kappa shape index (κ2) is 4.47. The number of amides is 1. The Hall–Kier alpha value is -1.32. The molecule has 0 aromatic carbocycles. The van der Waals surface area contributed by atoms with Gasteiger partial charge < -0.3 is 4.90 Å². The maximum Gasteiger partial charge on any atom is 0.227 e. The van der Waals surface area contributed by atoms with Gasteiger partial charge in [-0.1, -0.05) is 6.92 Å². The summed E-state index contributed by atoms with van der Waals surface area (Å²) in [5.74, 6) is 0.870. The van der Waals surface area contributed by atoms with Crippen molar-refractivity contribution in [3.8, 4) is 0 Å². The number of likely N-dealkylation sites (tertiary alicyclic amines) is 1. The van der Waals surface area contributed by atoms with E-state index < -0.39 is 0 Å². The van der Waals surface area contributed by atoms with Gasteiger partial charge in [-0.3, -0.25) is 9.89 Å². The van der Waals surface area contributed by atoms with Crippen LogP contribution >= 0.6 is 0 Å². The number of rotatable bonds is 2. The number of hydrogen-bond acceptors (Lipinski definition) is 2. The van der Waals surface area contributed by atoms with Crippen LogP contribution in [0.15, 0.2) is 12.4 Å². The molecule has 1 N–H and O–H groups in total. The zero-order chi connectivity index (χ0) is 10.7. The predicted molar refractivity (Wildman–Crippen MR) is 57.3 cm³/mol. The van der Waals surface area contributed by atoms with Crippen LogP contribution in [0.2, 0.25) is 0 Å². The van der Waals surface area contributed by atoms with Gasteiger partial charge in [0, 0.05) is 19.3 Å². The first-order valence-electron chi connectivity index (χ1n) is 5.51. The summed E-state index contributed by atoms with van der Waals surface area (Å²) in [5, 5.41) is 6.57. The van der Waals surface area contributed by atoms with Gasteiger partial charge in [0.2, 0.25) is 5.91 Å². The van der Waals surface area contributed by atoms with E-state index in [9.17, 15) is 4.79 Å². The third-order valence-corrected chi connectivity index (χ3v) is 2.92. The SMILES string of the molecule is C[C@H]1CCCN(C(=O)Cc2cn[nH]c2)C1. The van der Waals surface area contributed by atoms with Gasteiger partial charge >= 0.3 is 0 Å². The number of nitrogens with one attached hydrogen (secondary N) is 1. The quantitative estimate of drug-likeness (QED) is 0.792. The minimum Gasteiger partial charge on any atom is -0.342 e. The molecule has 1 fully saturated rings. The molecule has 0 bridgehead atoms. The van der Waals surface area contributed by atoms with Gasteiger partial charge in [0.05, 0.1) is 12.6 Å². The molecule has 1 saturated heterocycles. The summed E-state index contributed by atoms with van der Waals surface area (Å²) in [7, 11) is 0. The zero-order valence-electron chi connectivity index (χ0n) is 9.07. The van der Waals surface area contributed by atoms with Crippen molar-refractivity contribution in [3.05, 3.63) is 18.0 Å². The lowest BCUT2D eigenvalue weighted by Crippen LogP contribution is -2.39. The summed E-state index contributed by atoms with van der Waals surface area (Å²) in [5.41, 5.74) is 0.971. The molecule has 1 aromatic heterocycles. The van der Waals surface area contributed by atoms with E-state index in [1.165, 1.54) is 6.42 Å². The van der Waals surface area contributed by atoms with Crippen molar-refractivity contribution < 1.29 is 4.79 Å². The lowest BCUT2D eigenvalue weighted by atomic mass is 10.00. The minimum absolute atomic E-state index is 0.225. The molecule has 0 radical (unpaired) electrons. The van der Waals surface area contributed by atoms with Crippen LogP contribution in [0.4, 0.5) is 0 Å². The molecule has 4 heteroatoms. The van der Waals surface area contributed by atoms with Crippen molar-refractivity contribution in [2.45, 2.75) is 26.2 Å². The summed E-state index contributed by atoms with van der Waals surface area (Å²) in [4.78, 5) is 13.9. The molecule has 0 spiro atoms. The Balaban J connectivity index is 1.90. The monoisotopic (exact) mass is 207 g/mol. The highest BCUT2D eigenvalue weighted by Gasteiger charge is 2.20. The van der Waals surface area contributed by atoms with E-state index in [1.54, 1.807) is 12.4 Å². The van der Waals surface area contributed by atoms with E-state index >= 15 is 0 Å². The van der Waals surface area contributed by atoms with Crippen LogP contribution in [-0.2, 0) is 11.2 Å². The first-order valence-corrected chi connectivity index (χ1v) is 5.51. The Morgan fingerprint density at radius 3 is 3.27 bits per heavy atom. The number of aromatic nitrogens is 2. The summed E-state index contributed by atoms with van der Waals surface area (Å²) >= 11 is 0. The first kappa shape index (κ1) is 10.2. The standard InChI is InChI=1S/C11H17N3O/c1-9-3-2-4-14(8-9)11(15)5-10-6-12-13-7-10/h6-7,9H,2-5,8H2,1H3,(H,12,13)/t9-/m0/s1. The number of nitrogens with zero attached hydrogens (tertiary/aromatic N) is 2. The number of hydrogen-bond donors (Lipinski definition) is 1. The summed E-state index contributed by atoms with van der Waals surface area (Å²) in [6, 6.07) is 0. The topological polar surface area (TPSA) is 49.0 Å². The fourth-order valence-electron chi connectivity index (χ4n) is 2.08. The average Bonchev–Trinajstić information content (AvgIpc) is 2.70. The molecule has 0 aliphatic carbocycles. The van der Waals surface area contributed by atoms with Gasteiger partial charge in [-0.2, -0.15) is 5.10 Å². The molecule has 1 aliphatic heterocycles. The first-order chi connectivity index (χ1) is 7.25. The number of aromatic amines is 1. The van der Waals surface area contributed by atoms with Gasteiger partial charge in [0.15, 0.2) is 0 Å². The molecule has 0 unspecified atom stereocenters. The smallest absolute Gasteiger partial charge is 0.227 e. The van der Waals surface area contributed by atoms with Crippen LogP contribution in [0.3, 0.4) is 0 Å². The van der Waals surface area contributed by atoms with Crippen molar-refractivity contribution in [1.82, 2.24) is 15.1 Å². The Morgan fingerprint density at radius 2 is 2.60 bits per heavy atom. The average molecular weight is 207 g/mol. The molecule has 1 aliphatic rings. The van der Waals surface area contributed by atoms with Crippen molar-refractivity contribution in [1.29, 1.82) is 0 Å². The molecule has 15 heavy (non-hydrogen) atoms. The molecule has 1 atom stereocenters. The normalized spacial score (nSPS) is 21.7. The summed E-state index contributed by atoms with van der Waals surface area (Å²) < 4.78 is 0. The maximum absolute atomic E-state index is 11.9. The van der Waals surface area contributed by atoms with Gasteiger partial charge in [0.25, 0.3) is 0 Å². The molecule has 0 saturated carbocycles. The Morgan fingerprint density at radius 1 is 1.73 bits per heavy atom. The van der Waals surface area contributed by atoms with Crippen LogP contribution in [0.25, 0.3) is 0 Å². The highest BCUT2D eigenvalue weighted by Crippen LogP contribution is 2.16. The maximum atomic E-state index is 11.9. The van der Waals surface area contributed by atoms with Crippen LogP contribution < -0.4 is 0 Å². The van der Waals surface area contributed by atoms with Gasteiger partial charge in [-0.05, 0) is 24.3 Å². The fraction of sp³-hybridized carbons (Fsp3) is 0.636. The number of H-pyrrole nitrogens is 1. The van der Waals surface area contributed by atoms with Crippen LogP contribution in [0.1, 0.15) is 25.3 Å². The van der Waals surface area contributed by atoms with Gasteiger partial charge in [-0.25, -0.2) is 0 Å². The second-order valence-electron chi connectivity index (χ2n) is 4.37. The van der Waals surface area contributed by atoms with Gasteiger partial charge in [0.1, 0.15) is 0 Å². The lowest BCUT2D eigenvalue weighted by Gasteiger charge is -2.30. The van der Waals surface area contributed by atoms with Crippen LogP contribution in [0, 0.1) is 5.92 Å². The van der Waals surface area contributed by atoms with Crippen molar-refractivity contribution in [3.63, 3.8) is 0 Å². The van der Waals surface area contributed by atoms with E-state index in [1.807, 2.05) is 4.90 Å². The fourth-order valence-corrected chi connectivity index (χ4v) is 2.08. The molecule has 2 rings (SSSR count). The Bertz CT molecular complexity index is 321. The van der Waals surface area contributed by atoms with E-state index in [4.69, 9.17) is 0 Å². The third-order valence-electron chi connectivity index (χ3n) is 2.92. The molecule has 1 aromatic rings. The summed E-state index contributed by atoms with van der Waals surface area (Å²) in [6.07, 6.45) is 6.35. The largest absolute Gasteiger partial charge is 0.342 e. The number of piperidine rings is 1. The van der Waals surface area contributed by atoms with E-state index in [2.05, 4.69) is 17.1 Å². The van der Waals surface area contributed by atoms with E-state index in [0.29, 0.717) is 12.3 Å². The van der Waals surface area contributed by atoms with Crippen LogP contribution in [0.5, 0.6) is 0 Å². The Labute approximate surface area is 89.7 Å². The van der Waals surface area contributed by atoms with E-state index in [0.717, 1.165) is 25.1 Å². The lowest BCUT2D eigenvalue weighted by molar-refractivity contribution is -0.132. The van der Waals surface area contributed by atoms with Crippen LogP contribution in [-0.4, -0.2) is 34.1 Å². The van der Waals surface area contributed by atoms with Crippen molar-refractivity contribution in [2.75, 3.05) is 13.1 Å². The second-order valence-corrected chi connectivity index (χ2v) is 4.37. The molecule has 2 heterocycles. The molecule has 1 amide bonds. The number of carbonyl (C=O) groups excluding carboxylic acids is 1. The van der Waals surface area contributed by atoms with E-state index in [-0.39, 0.29) is 5.91 Å². The highest BCUT2D eigenvalue weighted by atomic mass is 16.2. The van der Waals surface area contributed by atoms with Gasteiger partial charge in [-0.15, -0.1) is 0 Å². The zero-order valence-corrected chi connectivity index (χ0v) is 9.07.